The molecule has 0 bridgehead atoms. The molecule has 1 N–H and O–H groups in total. The first-order chi connectivity index (χ1) is 9.19. The van der Waals surface area contributed by atoms with Crippen LogP contribution in [0.1, 0.15) is 16.7 Å². The third kappa shape index (κ3) is 1.80. The van der Waals surface area contributed by atoms with Crippen molar-refractivity contribution in [3.63, 3.8) is 0 Å². The van der Waals surface area contributed by atoms with Crippen LogP contribution in [0.25, 0.3) is 0 Å². The van der Waals surface area contributed by atoms with E-state index < -0.39 is 23.4 Å². The number of amides is 4. The van der Waals surface area contributed by atoms with E-state index in [4.69, 9.17) is 0 Å². The van der Waals surface area contributed by atoms with E-state index in [-0.39, 0.29) is 5.56 Å². The van der Waals surface area contributed by atoms with E-state index >= 15 is 0 Å². The molecule has 0 radical (unpaired) electrons. The Balaban J connectivity index is 2.64. The predicted molar refractivity (Wildman–Crippen MR) is 70.7 cm³/mol. The van der Waals surface area contributed by atoms with Crippen LogP contribution in [-0.4, -0.2) is 46.8 Å². The summed E-state index contributed by atoms with van der Waals surface area (Å²) in [6.45, 7) is 3.60. The molecular weight excluding hydrogens is 260 g/mol. The van der Waals surface area contributed by atoms with Crippen molar-refractivity contribution in [3.05, 3.63) is 34.9 Å². The third-order valence-corrected chi connectivity index (χ3v) is 3.44. The number of imide groups is 2. The number of carbonyl (C=O) groups excluding carboxylic acids is 3. The van der Waals surface area contributed by atoms with Gasteiger partial charge in [0, 0.05) is 19.7 Å². The first-order valence-corrected chi connectivity index (χ1v) is 6.11. The Kier molecular flexibility index (Phi) is 3.14. The lowest BCUT2D eigenvalue weighted by Crippen LogP contribution is -2.65. The van der Waals surface area contributed by atoms with Gasteiger partial charge >= 0.3 is 6.03 Å². The van der Waals surface area contributed by atoms with Gasteiger partial charge in [0.05, 0.1) is 0 Å². The Bertz CT molecular complexity index is 579. The molecule has 6 nitrogen and oxygen atoms in total. The highest BCUT2D eigenvalue weighted by Gasteiger charge is 2.55. The largest absolute Gasteiger partial charge is 0.368 e. The van der Waals surface area contributed by atoms with Gasteiger partial charge in [0.15, 0.2) is 0 Å². The lowest BCUT2D eigenvalue weighted by atomic mass is 9.87. The van der Waals surface area contributed by atoms with Crippen molar-refractivity contribution in [2.75, 3.05) is 14.1 Å². The summed E-state index contributed by atoms with van der Waals surface area (Å²) in [5.74, 6) is -1.87. The van der Waals surface area contributed by atoms with Crippen LogP contribution < -0.4 is 0 Å². The molecule has 0 spiro atoms. The van der Waals surface area contributed by atoms with E-state index in [1.165, 1.54) is 14.1 Å². The zero-order valence-electron chi connectivity index (χ0n) is 11.8. The zero-order chi connectivity index (χ0) is 15.2. The molecule has 1 aliphatic rings. The van der Waals surface area contributed by atoms with E-state index in [9.17, 15) is 19.5 Å². The number of nitrogens with zero attached hydrogens (tertiary/aromatic N) is 2. The number of urea groups is 1. The van der Waals surface area contributed by atoms with E-state index in [0.29, 0.717) is 0 Å². The average Bonchev–Trinajstić information content (AvgIpc) is 2.39. The second-order valence-electron chi connectivity index (χ2n) is 5.10. The zero-order valence-corrected chi connectivity index (χ0v) is 11.8. The van der Waals surface area contributed by atoms with E-state index in [1.54, 1.807) is 26.0 Å². The molecule has 1 fully saturated rings. The molecule has 0 saturated carbocycles. The molecule has 2 rings (SSSR count). The van der Waals surface area contributed by atoms with Gasteiger partial charge in [-0.3, -0.25) is 19.4 Å². The SMILES string of the molecule is Cc1cc(C)cc(C2(O)C(=O)N(C)C(=O)N(C)C2=O)c1. The molecule has 1 aromatic carbocycles. The fourth-order valence-electron chi connectivity index (χ4n) is 2.41. The molecule has 106 valence electrons. The summed E-state index contributed by atoms with van der Waals surface area (Å²) in [6, 6.07) is 4.25. The number of barbiturate groups is 1. The molecule has 0 aliphatic carbocycles. The lowest BCUT2D eigenvalue weighted by molar-refractivity contribution is -0.169. The highest BCUT2D eigenvalue weighted by Crippen LogP contribution is 2.31. The van der Waals surface area contributed by atoms with Gasteiger partial charge in [0.2, 0.25) is 5.60 Å². The second-order valence-corrected chi connectivity index (χ2v) is 5.10. The van der Waals surface area contributed by atoms with Crippen molar-refractivity contribution in [1.29, 1.82) is 0 Å². The number of likely N-dealkylation sites (N-methyl/N-ethyl adjacent to an activating group) is 2. The second kappa shape index (κ2) is 4.42. The normalized spacial score (nSPS) is 18.8. The summed E-state index contributed by atoms with van der Waals surface area (Å²) in [5.41, 5.74) is -0.544. The van der Waals surface area contributed by atoms with E-state index in [1.807, 2.05) is 6.07 Å². The van der Waals surface area contributed by atoms with Crippen LogP contribution in [0.3, 0.4) is 0 Å². The molecule has 1 saturated heterocycles. The van der Waals surface area contributed by atoms with Crippen molar-refractivity contribution in [2.45, 2.75) is 19.4 Å². The molecule has 1 heterocycles. The molecule has 0 atom stereocenters. The Morgan fingerprint density at radius 2 is 1.30 bits per heavy atom. The van der Waals surface area contributed by atoms with Gasteiger partial charge in [-0.1, -0.05) is 29.3 Å². The number of benzene rings is 1. The number of hydrogen-bond donors (Lipinski definition) is 1. The van der Waals surface area contributed by atoms with E-state index in [0.717, 1.165) is 20.9 Å². The standard InChI is InChI=1S/C14H16N2O4/c1-8-5-9(2)7-10(6-8)14(20)11(17)15(3)13(19)16(4)12(14)18/h5-7,20H,1-4H3. The van der Waals surface area contributed by atoms with Crippen LogP contribution in [0.2, 0.25) is 0 Å². The van der Waals surface area contributed by atoms with Crippen LogP contribution in [0.15, 0.2) is 18.2 Å². The molecular formula is C14H16N2O4. The Labute approximate surface area is 116 Å². The Hall–Kier alpha value is -2.21. The Morgan fingerprint density at radius 3 is 1.70 bits per heavy atom. The maximum absolute atomic E-state index is 12.2. The van der Waals surface area contributed by atoms with Crippen molar-refractivity contribution in [2.24, 2.45) is 0 Å². The number of rotatable bonds is 1. The summed E-state index contributed by atoms with van der Waals surface area (Å²) in [7, 11) is 2.47. The van der Waals surface area contributed by atoms with Crippen molar-refractivity contribution in [3.8, 4) is 0 Å². The fraction of sp³-hybridized carbons (Fsp3) is 0.357. The number of aryl methyl sites for hydroxylation is 2. The van der Waals surface area contributed by atoms with Crippen LogP contribution in [-0.2, 0) is 15.2 Å². The minimum absolute atomic E-state index is 0.177. The summed E-state index contributed by atoms with van der Waals surface area (Å²) < 4.78 is 0. The summed E-state index contributed by atoms with van der Waals surface area (Å²) in [6.07, 6.45) is 0. The monoisotopic (exact) mass is 276 g/mol. The molecule has 20 heavy (non-hydrogen) atoms. The van der Waals surface area contributed by atoms with Crippen molar-refractivity contribution >= 4 is 17.8 Å². The summed E-state index contributed by atoms with van der Waals surface area (Å²) in [5, 5.41) is 10.7. The molecule has 1 aromatic rings. The first-order valence-electron chi connectivity index (χ1n) is 6.11. The highest BCUT2D eigenvalue weighted by molar-refractivity contribution is 6.21. The maximum atomic E-state index is 12.2. The topological polar surface area (TPSA) is 77.9 Å². The third-order valence-electron chi connectivity index (χ3n) is 3.44. The maximum Gasteiger partial charge on any atom is 0.333 e. The van der Waals surface area contributed by atoms with Gasteiger partial charge in [0.1, 0.15) is 0 Å². The quantitative estimate of drug-likeness (QED) is 0.759. The van der Waals surface area contributed by atoms with Gasteiger partial charge in [0.25, 0.3) is 11.8 Å². The first kappa shape index (κ1) is 14.2. The molecule has 1 aliphatic heterocycles. The van der Waals surface area contributed by atoms with Crippen molar-refractivity contribution < 1.29 is 19.5 Å². The summed E-state index contributed by atoms with van der Waals surface area (Å²) >= 11 is 0. The number of hydrogen-bond acceptors (Lipinski definition) is 4. The highest BCUT2D eigenvalue weighted by atomic mass is 16.3. The lowest BCUT2D eigenvalue weighted by Gasteiger charge is -2.38. The molecule has 4 amide bonds. The molecule has 0 aromatic heterocycles. The van der Waals surface area contributed by atoms with Gasteiger partial charge < -0.3 is 5.11 Å². The molecule has 6 heteroatoms. The smallest absolute Gasteiger partial charge is 0.333 e. The van der Waals surface area contributed by atoms with Crippen LogP contribution in [0.5, 0.6) is 0 Å². The average molecular weight is 276 g/mol. The fourth-order valence-corrected chi connectivity index (χ4v) is 2.41. The minimum Gasteiger partial charge on any atom is -0.368 e. The van der Waals surface area contributed by atoms with Crippen molar-refractivity contribution in [1.82, 2.24) is 9.80 Å². The summed E-state index contributed by atoms with van der Waals surface area (Å²) in [4.78, 5) is 37.7. The molecule has 0 unspecified atom stereocenters. The number of aliphatic hydroxyl groups is 1. The predicted octanol–water partition coefficient (Wildman–Crippen LogP) is 0.541. The van der Waals surface area contributed by atoms with Gasteiger partial charge in [-0.15, -0.1) is 0 Å². The van der Waals surface area contributed by atoms with Crippen LogP contribution >= 0.6 is 0 Å². The van der Waals surface area contributed by atoms with E-state index in [2.05, 4.69) is 0 Å². The van der Waals surface area contributed by atoms with Gasteiger partial charge in [-0.25, -0.2) is 4.79 Å². The van der Waals surface area contributed by atoms with Gasteiger partial charge in [-0.05, 0) is 13.8 Å². The number of carbonyl (C=O) groups is 3. The van der Waals surface area contributed by atoms with Crippen LogP contribution in [0.4, 0.5) is 4.79 Å². The Morgan fingerprint density at radius 1 is 0.900 bits per heavy atom. The van der Waals surface area contributed by atoms with Crippen LogP contribution in [0, 0.1) is 13.8 Å². The minimum atomic E-state index is -2.35. The van der Waals surface area contributed by atoms with Gasteiger partial charge in [-0.2, -0.15) is 0 Å².